The SMILES string of the molecule is C=CC(=O)NC[C@H]1CC[C@@H](C(=O)N(C)C)O1. The highest BCUT2D eigenvalue weighted by atomic mass is 16.5. The molecule has 1 fully saturated rings. The first-order valence-corrected chi connectivity index (χ1v) is 5.31. The Morgan fingerprint density at radius 3 is 2.75 bits per heavy atom. The molecule has 1 heterocycles. The number of likely N-dealkylation sites (N-methyl/N-ethyl adjacent to an activating group) is 1. The highest BCUT2D eigenvalue weighted by molar-refractivity contribution is 5.86. The van der Waals surface area contributed by atoms with E-state index in [0.717, 1.165) is 6.42 Å². The van der Waals surface area contributed by atoms with E-state index in [4.69, 9.17) is 4.74 Å². The van der Waals surface area contributed by atoms with Crippen LogP contribution < -0.4 is 5.32 Å². The first-order valence-electron chi connectivity index (χ1n) is 5.31. The molecule has 2 atom stereocenters. The van der Waals surface area contributed by atoms with Crippen molar-refractivity contribution in [3.05, 3.63) is 12.7 Å². The quantitative estimate of drug-likeness (QED) is 0.682. The summed E-state index contributed by atoms with van der Waals surface area (Å²) in [7, 11) is 3.41. The second-order valence-electron chi connectivity index (χ2n) is 4.01. The average molecular weight is 226 g/mol. The third kappa shape index (κ3) is 3.34. The lowest BCUT2D eigenvalue weighted by atomic mass is 10.2. The minimum atomic E-state index is -0.361. The average Bonchev–Trinajstić information content (AvgIpc) is 2.73. The molecule has 0 aromatic rings. The van der Waals surface area contributed by atoms with Crippen LogP contribution in [-0.2, 0) is 14.3 Å². The van der Waals surface area contributed by atoms with Crippen molar-refractivity contribution in [2.24, 2.45) is 0 Å². The molecule has 0 radical (unpaired) electrons. The second kappa shape index (κ2) is 5.65. The maximum Gasteiger partial charge on any atom is 0.251 e. The molecule has 0 aliphatic carbocycles. The summed E-state index contributed by atoms with van der Waals surface area (Å²) in [6.07, 6.45) is 2.29. The molecule has 1 aliphatic rings. The molecule has 90 valence electrons. The van der Waals surface area contributed by atoms with E-state index in [1.165, 1.54) is 11.0 Å². The van der Waals surface area contributed by atoms with Crippen molar-refractivity contribution in [2.45, 2.75) is 25.0 Å². The highest BCUT2D eigenvalue weighted by Gasteiger charge is 2.31. The fraction of sp³-hybridized carbons (Fsp3) is 0.636. The number of carbonyl (C=O) groups excluding carboxylic acids is 2. The lowest BCUT2D eigenvalue weighted by Gasteiger charge is -2.17. The largest absolute Gasteiger partial charge is 0.363 e. The Kier molecular flexibility index (Phi) is 4.49. The lowest BCUT2D eigenvalue weighted by molar-refractivity contribution is -0.140. The first-order chi connectivity index (χ1) is 7.54. The van der Waals surface area contributed by atoms with Crippen LogP contribution in [0.4, 0.5) is 0 Å². The van der Waals surface area contributed by atoms with Gasteiger partial charge in [0, 0.05) is 20.6 Å². The molecule has 1 aliphatic heterocycles. The Labute approximate surface area is 95.4 Å². The van der Waals surface area contributed by atoms with Crippen LogP contribution >= 0.6 is 0 Å². The predicted molar refractivity (Wildman–Crippen MR) is 59.8 cm³/mol. The molecule has 0 unspecified atom stereocenters. The molecular weight excluding hydrogens is 208 g/mol. The summed E-state index contributed by atoms with van der Waals surface area (Å²) < 4.78 is 5.54. The zero-order valence-corrected chi connectivity index (χ0v) is 9.73. The Hall–Kier alpha value is -1.36. The smallest absolute Gasteiger partial charge is 0.251 e. The van der Waals surface area contributed by atoms with Gasteiger partial charge in [-0.05, 0) is 18.9 Å². The van der Waals surface area contributed by atoms with Crippen LogP contribution in [0.15, 0.2) is 12.7 Å². The third-order valence-electron chi connectivity index (χ3n) is 2.51. The molecule has 1 rings (SSSR count). The summed E-state index contributed by atoms with van der Waals surface area (Å²) >= 11 is 0. The number of nitrogens with one attached hydrogen (secondary N) is 1. The lowest BCUT2D eigenvalue weighted by Crippen LogP contribution is -2.36. The molecule has 1 N–H and O–H groups in total. The van der Waals surface area contributed by atoms with Crippen LogP contribution in [-0.4, -0.2) is 49.6 Å². The number of ether oxygens (including phenoxy) is 1. The molecule has 0 aromatic carbocycles. The Morgan fingerprint density at radius 2 is 2.19 bits per heavy atom. The van der Waals surface area contributed by atoms with E-state index in [-0.39, 0.29) is 24.0 Å². The van der Waals surface area contributed by atoms with E-state index >= 15 is 0 Å². The molecule has 0 bridgehead atoms. The van der Waals surface area contributed by atoms with Gasteiger partial charge in [0.1, 0.15) is 6.10 Å². The van der Waals surface area contributed by atoms with Crippen LogP contribution in [0.25, 0.3) is 0 Å². The summed E-state index contributed by atoms with van der Waals surface area (Å²) in [6.45, 7) is 3.79. The van der Waals surface area contributed by atoms with Crippen LogP contribution in [0.1, 0.15) is 12.8 Å². The van der Waals surface area contributed by atoms with Crippen LogP contribution in [0, 0.1) is 0 Å². The van der Waals surface area contributed by atoms with Crippen LogP contribution in [0.2, 0.25) is 0 Å². The van der Waals surface area contributed by atoms with E-state index in [9.17, 15) is 9.59 Å². The Balaban J connectivity index is 2.32. The Morgan fingerprint density at radius 1 is 1.50 bits per heavy atom. The zero-order chi connectivity index (χ0) is 12.1. The molecule has 5 heteroatoms. The van der Waals surface area contributed by atoms with Crippen molar-refractivity contribution >= 4 is 11.8 Å². The van der Waals surface area contributed by atoms with Crippen molar-refractivity contribution in [3.8, 4) is 0 Å². The van der Waals surface area contributed by atoms with Crippen LogP contribution in [0.3, 0.4) is 0 Å². The number of carbonyl (C=O) groups is 2. The number of hydrogen-bond donors (Lipinski definition) is 1. The van der Waals surface area contributed by atoms with Gasteiger partial charge in [0.05, 0.1) is 6.10 Å². The van der Waals surface area contributed by atoms with E-state index < -0.39 is 0 Å². The maximum atomic E-state index is 11.6. The summed E-state index contributed by atoms with van der Waals surface area (Å²) in [5.74, 6) is -0.233. The summed E-state index contributed by atoms with van der Waals surface area (Å²) in [5, 5.41) is 2.66. The van der Waals surface area contributed by atoms with Crippen molar-refractivity contribution in [3.63, 3.8) is 0 Å². The van der Waals surface area contributed by atoms with Crippen molar-refractivity contribution in [2.75, 3.05) is 20.6 Å². The highest BCUT2D eigenvalue weighted by Crippen LogP contribution is 2.20. The van der Waals surface area contributed by atoms with Gasteiger partial charge in [0.15, 0.2) is 0 Å². The molecule has 2 amide bonds. The van der Waals surface area contributed by atoms with Gasteiger partial charge in [-0.15, -0.1) is 0 Å². The van der Waals surface area contributed by atoms with Gasteiger partial charge in [0.25, 0.3) is 5.91 Å². The summed E-state index contributed by atoms with van der Waals surface area (Å²) in [5.41, 5.74) is 0. The number of hydrogen-bond acceptors (Lipinski definition) is 3. The monoisotopic (exact) mass is 226 g/mol. The van der Waals surface area contributed by atoms with E-state index in [1.807, 2.05) is 0 Å². The fourth-order valence-corrected chi connectivity index (χ4v) is 1.61. The van der Waals surface area contributed by atoms with Crippen molar-refractivity contribution in [1.82, 2.24) is 10.2 Å². The molecule has 0 saturated carbocycles. The van der Waals surface area contributed by atoms with Gasteiger partial charge in [-0.3, -0.25) is 9.59 Å². The standard InChI is InChI=1S/C11H18N2O3/c1-4-10(14)12-7-8-5-6-9(16-8)11(15)13(2)3/h4,8-9H,1,5-7H2,2-3H3,(H,12,14)/t8-,9+/m1/s1. The number of amides is 2. The topological polar surface area (TPSA) is 58.6 Å². The molecule has 1 saturated heterocycles. The van der Waals surface area contributed by atoms with Gasteiger partial charge < -0.3 is 15.0 Å². The van der Waals surface area contributed by atoms with Crippen molar-refractivity contribution < 1.29 is 14.3 Å². The minimum absolute atomic E-state index is 0.0162. The van der Waals surface area contributed by atoms with Gasteiger partial charge in [-0.1, -0.05) is 6.58 Å². The minimum Gasteiger partial charge on any atom is -0.363 e. The predicted octanol–water partition coefficient (Wildman–Crippen LogP) is -0.0756. The van der Waals surface area contributed by atoms with E-state index in [0.29, 0.717) is 13.0 Å². The summed E-state index contributed by atoms with van der Waals surface area (Å²) in [6, 6.07) is 0. The normalized spacial score (nSPS) is 23.9. The summed E-state index contributed by atoms with van der Waals surface area (Å²) in [4.78, 5) is 24.0. The molecule has 0 spiro atoms. The first kappa shape index (κ1) is 12.7. The van der Waals surface area contributed by atoms with Crippen LogP contribution in [0.5, 0.6) is 0 Å². The second-order valence-corrected chi connectivity index (χ2v) is 4.01. The zero-order valence-electron chi connectivity index (χ0n) is 9.73. The molecule has 16 heavy (non-hydrogen) atoms. The van der Waals surface area contributed by atoms with Crippen molar-refractivity contribution in [1.29, 1.82) is 0 Å². The fourth-order valence-electron chi connectivity index (χ4n) is 1.61. The molecule has 0 aromatic heterocycles. The molecule has 5 nitrogen and oxygen atoms in total. The van der Waals surface area contributed by atoms with E-state index in [2.05, 4.69) is 11.9 Å². The van der Waals surface area contributed by atoms with Gasteiger partial charge in [-0.2, -0.15) is 0 Å². The molecular formula is C11H18N2O3. The maximum absolute atomic E-state index is 11.6. The van der Waals surface area contributed by atoms with Gasteiger partial charge in [-0.25, -0.2) is 0 Å². The third-order valence-corrected chi connectivity index (χ3v) is 2.51. The van der Waals surface area contributed by atoms with Gasteiger partial charge in [0.2, 0.25) is 5.91 Å². The Bertz CT molecular complexity index is 289. The number of rotatable bonds is 4. The number of nitrogens with zero attached hydrogens (tertiary/aromatic N) is 1. The van der Waals surface area contributed by atoms with E-state index in [1.54, 1.807) is 14.1 Å². The van der Waals surface area contributed by atoms with Gasteiger partial charge >= 0.3 is 0 Å².